The fraction of sp³-hybridized carbons (Fsp3) is 0.300. The van der Waals surface area contributed by atoms with E-state index in [-0.39, 0.29) is 0 Å². The third kappa shape index (κ3) is 3.25. The van der Waals surface area contributed by atoms with E-state index in [0.717, 1.165) is 5.69 Å². The Bertz CT molecular complexity index is 280. The molecule has 0 aliphatic rings. The molecule has 0 amide bonds. The summed E-state index contributed by atoms with van der Waals surface area (Å²) in [7, 11) is 0. The van der Waals surface area contributed by atoms with Gasteiger partial charge in [-0.25, -0.2) is 0 Å². The summed E-state index contributed by atoms with van der Waals surface area (Å²) in [5.41, 5.74) is 4.44. The first-order valence-electron chi connectivity index (χ1n) is 4.23. The van der Waals surface area contributed by atoms with E-state index in [4.69, 9.17) is 5.11 Å². The molecule has 1 unspecified atom stereocenters. The summed E-state index contributed by atoms with van der Waals surface area (Å²) >= 11 is 0. The second kappa shape index (κ2) is 4.62. The maximum absolute atomic E-state index is 9.13. The standard InChI is InChI=1S/C10H14N2O/c1-8(9(2)13)11-12-10-6-4-3-5-7-10/h3-7,9,12-13H,1-2H3/b11-8+. The molecule has 0 saturated heterocycles. The first-order valence-corrected chi connectivity index (χ1v) is 4.23. The quantitative estimate of drug-likeness (QED) is 0.548. The number of benzene rings is 1. The molecule has 70 valence electrons. The Morgan fingerprint density at radius 2 is 2.00 bits per heavy atom. The zero-order valence-corrected chi connectivity index (χ0v) is 7.86. The van der Waals surface area contributed by atoms with Crippen molar-refractivity contribution in [1.29, 1.82) is 0 Å². The minimum Gasteiger partial charge on any atom is -0.387 e. The van der Waals surface area contributed by atoms with Crippen molar-refractivity contribution in [2.45, 2.75) is 20.0 Å². The Morgan fingerprint density at radius 3 is 2.54 bits per heavy atom. The van der Waals surface area contributed by atoms with Gasteiger partial charge in [-0.05, 0) is 26.0 Å². The zero-order chi connectivity index (χ0) is 9.68. The molecule has 3 heteroatoms. The lowest BCUT2D eigenvalue weighted by Crippen LogP contribution is -2.13. The van der Waals surface area contributed by atoms with Gasteiger partial charge in [-0.1, -0.05) is 18.2 Å². The number of hydrogen-bond donors (Lipinski definition) is 2. The van der Waals surface area contributed by atoms with E-state index < -0.39 is 6.10 Å². The maximum atomic E-state index is 9.13. The third-order valence-electron chi connectivity index (χ3n) is 1.74. The van der Waals surface area contributed by atoms with Crippen LogP contribution in [0.15, 0.2) is 35.4 Å². The molecular formula is C10H14N2O. The van der Waals surface area contributed by atoms with Gasteiger partial charge in [0.1, 0.15) is 0 Å². The van der Waals surface area contributed by atoms with E-state index in [0.29, 0.717) is 5.71 Å². The van der Waals surface area contributed by atoms with Gasteiger partial charge in [0, 0.05) is 0 Å². The van der Waals surface area contributed by atoms with Crippen LogP contribution >= 0.6 is 0 Å². The smallest absolute Gasteiger partial charge is 0.0907 e. The summed E-state index contributed by atoms with van der Waals surface area (Å²) in [5.74, 6) is 0. The number of rotatable bonds is 3. The van der Waals surface area contributed by atoms with Crippen molar-refractivity contribution in [3.05, 3.63) is 30.3 Å². The van der Waals surface area contributed by atoms with E-state index in [2.05, 4.69) is 10.5 Å². The number of hydrogen-bond acceptors (Lipinski definition) is 3. The molecule has 0 spiro atoms. The van der Waals surface area contributed by atoms with Crippen LogP contribution in [0, 0.1) is 0 Å². The van der Waals surface area contributed by atoms with Crippen molar-refractivity contribution < 1.29 is 5.11 Å². The number of hydrazone groups is 1. The molecule has 2 N–H and O–H groups in total. The minimum atomic E-state index is -0.504. The predicted molar refractivity (Wildman–Crippen MR) is 54.9 cm³/mol. The first kappa shape index (κ1) is 9.74. The van der Waals surface area contributed by atoms with E-state index in [9.17, 15) is 0 Å². The molecule has 0 aliphatic carbocycles. The van der Waals surface area contributed by atoms with Gasteiger partial charge in [0.05, 0.1) is 17.5 Å². The zero-order valence-electron chi connectivity index (χ0n) is 7.86. The summed E-state index contributed by atoms with van der Waals surface area (Å²) in [4.78, 5) is 0. The van der Waals surface area contributed by atoms with Crippen molar-refractivity contribution >= 4 is 11.4 Å². The average molecular weight is 178 g/mol. The highest BCUT2D eigenvalue weighted by Crippen LogP contribution is 2.04. The van der Waals surface area contributed by atoms with Crippen molar-refractivity contribution in [2.75, 3.05) is 5.43 Å². The van der Waals surface area contributed by atoms with Crippen LogP contribution in [0.4, 0.5) is 5.69 Å². The highest BCUT2D eigenvalue weighted by Gasteiger charge is 1.98. The Hall–Kier alpha value is -1.35. The molecule has 0 bridgehead atoms. The summed E-state index contributed by atoms with van der Waals surface area (Å²) in [6.07, 6.45) is -0.504. The van der Waals surface area contributed by atoms with E-state index in [1.165, 1.54) is 0 Å². The summed E-state index contributed by atoms with van der Waals surface area (Å²) < 4.78 is 0. The van der Waals surface area contributed by atoms with Crippen LogP contribution in [-0.4, -0.2) is 16.9 Å². The Labute approximate surface area is 78.1 Å². The molecule has 3 nitrogen and oxygen atoms in total. The van der Waals surface area contributed by atoms with Crippen LogP contribution in [0.1, 0.15) is 13.8 Å². The van der Waals surface area contributed by atoms with Crippen LogP contribution in [0.5, 0.6) is 0 Å². The van der Waals surface area contributed by atoms with Gasteiger partial charge < -0.3 is 5.11 Å². The molecule has 0 saturated carbocycles. The topological polar surface area (TPSA) is 44.6 Å². The molecule has 0 aromatic heterocycles. The monoisotopic (exact) mass is 178 g/mol. The lowest BCUT2D eigenvalue weighted by molar-refractivity contribution is 0.261. The van der Waals surface area contributed by atoms with E-state index in [1.54, 1.807) is 13.8 Å². The van der Waals surface area contributed by atoms with Gasteiger partial charge >= 0.3 is 0 Å². The van der Waals surface area contributed by atoms with Crippen molar-refractivity contribution in [3.8, 4) is 0 Å². The van der Waals surface area contributed by atoms with Gasteiger partial charge in [0.15, 0.2) is 0 Å². The maximum Gasteiger partial charge on any atom is 0.0907 e. The van der Waals surface area contributed by atoms with Crippen LogP contribution in [0.2, 0.25) is 0 Å². The number of aliphatic hydroxyl groups is 1. The van der Waals surface area contributed by atoms with E-state index >= 15 is 0 Å². The van der Waals surface area contributed by atoms with Crippen molar-refractivity contribution in [2.24, 2.45) is 5.10 Å². The normalized spacial score (nSPS) is 13.9. The minimum absolute atomic E-state index is 0.504. The number of anilines is 1. The summed E-state index contributed by atoms with van der Waals surface area (Å²) in [6.45, 7) is 3.46. The third-order valence-corrected chi connectivity index (χ3v) is 1.74. The van der Waals surface area contributed by atoms with Crippen LogP contribution in [0.25, 0.3) is 0 Å². The molecule has 1 rings (SSSR count). The van der Waals surface area contributed by atoms with Crippen LogP contribution in [0.3, 0.4) is 0 Å². The number of nitrogens with zero attached hydrogens (tertiary/aromatic N) is 1. The first-order chi connectivity index (χ1) is 6.20. The van der Waals surface area contributed by atoms with Gasteiger partial charge in [-0.2, -0.15) is 5.10 Å². The molecule has 0 heterocycles. The number of para-hydroxylation sites is 1. The molecule has 1 aromatic rings. The summed E-state index contributed by atoms with van der Waals surface area (Å²) in [5, 5.41) is 13.1. The van der Waals surface area contributed by atoms with Crippen molar-refractivity contribution in [1.82, 2.24) is 0 Å². The van der Waals surface area contributed by atoms with Gasteiger partial charge in [0.25, 0.3) is 0 Å². The van der Waals surface area contributed by atoms with Crippen molar-refractivity contribution in [3.63, 3.8) is 0 Å². The molecule has 0 radical (unpaired) electrons. The Kier molecular flexibility index (Phi) is 3.46. The van der Waals surface area contributed by atoms with Gasteiger partial charge in [-0.15, -0.1) is 0 Å². The SMILES string of the molecule is C/C(=N\Nc1ccccc1)C(C)O. The van der Waals surface area contributed by atoms with E-state index in [1.807, 2.05) is 30.3 Å². The summed E-state index contributed by atoms with van der Waals surface area (Å²) in [6, 6.07) is 9.62. The molecule has 1 atom stereocenters. The molecular weight excluding hydrogens is 164 g/mol. The fourth-order valence-electron chi connectivity index (χ4n) is 0.759. The Balaban J connectivity index is 2.57. The van der Waals surface area contributed by atoms with Crippen LogP contribution < -0.4 is 5.43 Å². The lowest BCUT2D eigenvalue weighted by Gasteiger charge is -2.04. The molecule has 13 heavy (non-hydrogen) atoms. The fourth-order valence-corrected chi connectivity index (χ4v) is 0.759. The molecule has 0 fully saturated rings. The van der Waals surface area contributed by atoms with Crippen LogP contribution in [-0.2, 0) is 0 Å². The second-order valence-corrected chi connectivity index (χ2v) is 2.91. The lowest BCUT2D eigenvalue weighted by atomic mass is 10.3. The van der Waals surface area contributed by atoms with Gasteiger partial charge in [0.2, 0.25) is 0 Å². The highest BCUT2D eigenvalue weighted by atomic mass is 16.3. The average Bonchev–Trinajstić information content (AvgIpc) is 2.15. The Morgan fingerprint density at radius 1 is 1.38 bits per heavy atom. The predicted octanol–water partition coefficient (Wildman–Crippen LogP) is 1.86. The largest absolute Gasteiger partial charge is 0.387 e. The second-order valence-electron chi connectivity index (χ2n) is 2.91. The number of nitrogens with one attached hydrogen (secondary N) is 1. The highest BCUT2D eigenvalue weighted by molar-refractivity contribution is 5.86. The molecule has 1 aromatic carbocycles. The van der Waals surface area contributed by atoms with Gasteiger partial charge in [-0.3, -0.25) is 5.43 Å². The number of aliphatic hydroxyl groups excluding tert-OH is 1. The molecule has 0 aliphatic heterocycles.